The number of esters is 1. The third-order valence-electron chi connectivity index (χ3n) is 9.27. The highest BCUT2D eigenvalue weighted by Gasteiger charge is 2.45. The van der Waals surface area contributed by atoms with Gasteiger partial charge in [-0.25, -0.2) is 0 Å². The van der Waals surface area contributed by atoms with Crippen LogP contribution in [0.15, 0.2) is 78.9 Å². The zero-order chi connectivity index (χ0) is 32.8. The van der Waals surface area contributed by atoms with E-state index >= 15 is 0 Å². The summed E-state index contributed by atoms with van der Waals surface area (Å²) >= 11 is 0. The highest BCUT2D eigenvalue weighted by Crippen LogP contribution is 2.47. The summed E-state index contributed by atoms with van der Waals surface area (Å²) in [6.07, 6.45) is -0.364. The van der Waals surface area contributed by atoms with Crippen LogP contribution in [-0.2, 0) is 46.4 Å². The number of nitrogens with zero attached hydrogens (tertiary/aromatic N) is 1. The average Bonchev–Trinajstić information content (AvgIpc) is 3.56. The minimum absolute atomic E-state index is 0.0262. The number of rotatable bonds is 10. The van der Waals surface area contributed by atoms with E-state index in [0.717, 1.165) is 53.7 Å². The molecule has 1 unspecified atom stereocenters. The molecule has 10 heteroatoms. The Balaban J connectivity index is 1.24. The molecule has 5 atom stereocenters. The smallest absolute Gasteiger partial charge is 0.303 e. The summed E-state index contributed by atoms with van der Waals surface area (Å²) in [6, 6.07) is 26.1. The van der Waals surface area contributed by atoms with Crippen LogP contribution in [0.4, 0.5) is 0 Å². The first-order valence-electron chi connectivity index (χ1n) is 16.4. The van der Waals surface area contributed by atoms with Crippen molar-refractivity contribution in [2.75, 3.05) is 32.8 Å². The van der Waals surface area contributed by atoms with E-state index in [1.807, 2.05) is 66.7 Å². The van der Waals surface area contributed by atoms with Crippen molar-refractivity contribution in [3.8, 4) is 0 Å². The first-order valence-corrected chi connectivity index (χ1v) is 16.4. The van der Waals surface area contributed by atoms with Crippen molar-refractivity contribution in [3.63, 3.8) is 0 Å². The number of amides is 1. The van der Waals surface area contributed by atoms with Crippen LogP contribution in [0.25, 0.3) is 0 Å². The number of carbonyl (C=O) groups is 2. The highest BCUT2D eigenvalue weighted by molar-refractivity contribution is 5.82. The Hall–Kier alpha value is -3.64. The molecule has 1 spiro atoms. The Morgan fingerprint density at radius 3 is 2.17 bits per heavy atom. The van der Waals surface area contributed by atoms with Gasteiger partial charge in [0.2, 0.25) is 0 Å². The zero-order valence-electron chi connectivity index (χ0n) is 27.0. The largest absolute Gasteiger partial charge is 0.453 e. The molecule has 1 amide bonds. The quantitative estimate of drug-likeness (QED) is 0.308. The summed E-state index contributed by atoms with van der Waals surface area (Å²) in [7, 11) is 0. The Bertz CT molecular complexity index is 1470. The molecule has 3 aliphatic rings. The van der Waals surface area contributed by atoms with Crippen molar-refractivity contribution >= 4 is 11.9 Å². The molecule has 47 heavy (non-hydrogen) atoms. The van der Waals surface area contributed by atoms with Crippen LogP contribution in [0, 0.1) is 0 Å². The van der Waals surface area contributed by atoms with E-state index in [1.165, 1.54) is 6.92 Å². The molecule has 0 bridgehead atoms. The number of aliphatic hydroxyl groups excluding tert-OH is 1. The molecule has 0 radical (unpaired) electrons. The fourth-order valence-corrected chi connectivity index (χ4v) is 6.71. The van der Waals surface area contributed by atoms with Crippen molar-refractivity contribution in [2.45, 2.75) is 76.1 Å². The number of likely N-dealkylation sites (tertiary alicyclic amines) is 1. The summed E-state index contributed by atoms with van der Waals surface area (Å²) in [5, 5.41) is 12.5. The number of nitrogens with one attached hydrogen (secondary N) is 1. The van der Waals surface area contributed by atoms with Gasteiger partial charge in [0, 0.05) is 57.4 Å². The van der Waals surface area contributed by atoms with Crippen molar-refractivity contribution in [3.05, 3.63) is 107 Å². The molecular formula is C37H44N2O8. The molecule has 0 aliphatic carbocycles. The van der Waals surface area contributed by atoms with Crippen LogP contribution >= 0.6 is 0 Å². The monoisotopic (exact) mass is 644 g/mol. The van der Waals surface area contributed by atoms with Gasteiger partial charge in [0.1, 0.15) is 0 Å². The number of hydrogen-bond donors (Lipinski definition) is 2. The lowest BCUT2D eigenvalue weighted by molar-refractivity contribution is -0.265. The molecule has 6 rings (SSSR count). The Morgan fingerprint density at radius 1 is 0.894 bits per heavy atom. The van der Waals surface area contributed by atoms with Crippen molar-refractivity contribution in [1.29, 1.82) is 0 Å². The maximum atomic E-state index is 12.3. The molecule has 3 heterocycles. The minimum atomic E-state index is -0.864. The summed E-state index contributed by atoms with van der Waals surface area (Å²) in [6.45, 7) is 6.79. The summed E-state index contributed by atoms with van der Waals surface area (Å²) in [5.74, 6) is -1.40. The summed E-state index contributed by atoms with van der Waals surface area (Å²) in [5.41, 5.74) is 4.75. The van der Waals surface area contributed by atoms with Crippen LogP contribution in [-0.4, -0.2) is 72.7 Å². The van der Waals surface area contributed by atoms with Crippen LogP contribution < -0.4 is 5.32 Å². The third kappa shape index (κ3) is 8.09. The molecule has 0 saturated carbocycles. The second-order valence-corrected chi connectivity index (χ2v) is 12.5. The lowest BCUT2D eigenvalue weighted by Crippen LogP contribution is -2.50. The SMILES string of the molecule is CC(=O)O[C@@H](C)C(=O)NCc1ccc(C2O[C@H](CN3CCC4(CC3)OCCO4)[C@@H](c3ccccc3)[C@H](c3ccc(CO)cc3)O2)cc1. The predicted molar refractivity (Wildman–Crippen MR) is 173 cm³/mol. The van der Waals surface area contributed by atoms with E-state index in [0.29, 0.717) is 26.3 Å². The first-order chi connectivity index (χ1) is 22.8. The number of aliphatic hydroxyl groups is 1. The molecule has 250 valence electrons. The van der Waals surface area contributed by atoms with Crippen molar-refractivity contribution in [1.82, 2.24) is 10.2 Å². The van der Waals surface area contributed by atoms with Crippen LogP contribution in [0.1, 0.15) is 72.8 Å². The van der Waals surface area contributed by atoms with Gasteiger partial charge in [-0.1, -0.05) is 78.9 Å². The van der Waals surface area contributed by atoms with E-state index in [-0.39, 0.29) is 30.6 Å². The van der Waals surface area contributed by atoms with Gasteiger partial charge in [-0.3, -0.25) is 9.59 Å². The van der Waals surface area contributed by atoms with Gasteiger partial charge < -0.3 is 39.0 Å². The first kappa shape index (κ1) is 33.3. The van der Waals surface area contributed by atoms with Gasteiger partial charge in [-0.05, 0) is 29.2 Å². The molecule has 10 nitrogen and oxygen atoms in total. The predicted octanol–water partition coefficient (Wildman–Crippen LogP) is 4.52. The lowest BCUT2D eigenvalue weighted by atomic mass is 9.83. The Kier molecular flexibility index (Phi) is 10.7. The summed E-state index contributed by atoms with van der Waals surface area (Å²) in [4.78, 5) is 26.0. The fraction of sp³-hybridized carbons (Fsp3) is 0.459. The lowest BCUT2D eigenvalue weighted by Gasteiger charge is -2.46. The van der Waals surface area contributed by atoms with Crippen molar-refractivity contribution in [2.24, 2.45) is 0 Å². The number of carbonyl (C=O) groups excluding carboxylic acids is 2. The number of hydrogen-bond acceptors (Lipinski definition) is 9. The maximum absolute atomic E-state index is 12.3. The Labute approximate surface area is 275 Å². The zero-order valence-corrected chi connectivity index (χ0v) is 27.0. The maximum Gasteiger partial charge on any atom is 0.303 e. The number of benzene rings is 3. The minimum Gasteiger partial charge on any atom is -0.453 e. The molecule has 3 aromatic carbocycles. The van der Waals surface area contributed by atoms with Crippen molar-refractivity contribution < 1.29 is 38.4 Å². The second kappa shape index (κ2) is 15.1. The molecule has 0 aromatic heterocycles. The van der Waals surface area contributed by atoms with Gasteiger partial charge in [-0.15, -0.1) is 0 Å². The summed E-state index contributed by atoms with van der Waals surface area (Å²) < 4.78 is 30.7. The van der Waals surface area contributed by atoms with Gasteiger partial charge in [0.05, 0.1) is 32.0 Å². The highest BCUT2D eigenvalue weighted by atomic mass is 16.7. The second-order valence-electron chi connectivity index (χ2n) is 12.5. The van der Waals surface area contributed by atoms with Gasteiger partial charge in [-0.2, -0.15) is 0 Å². The molecular weight excluding hydrogens is 600 g/mol. The van der Waals surface area contributed by atoms with Crippen LogP contribution in [0.2, 0.25) is 0 Å². The molecule has 2 N–H and O–H groups in total. The normalized spacial score (nSPS) is 24.9. The molecule has 3 aliphatic heterocycles. The van der Waals surface area contributed by atoms with Gasteiger partial charge in [0.15, 0.2) is 18.2 Å². The Morgan fingerprint density at radius 2 is 1.53 bits per heavy atom. The topological polar surface area (TPSA) is 116 Å². The molecule has 3 saturated heterocycles. The number of ether oxygens (including phenoxy) is 5. The van der Waals surface area contributed by atoms with E-state index in [1.54, 1.807) is 6.92 Å². The van der Waals surface area contributed by atoms with E-state index in [4.69, 9.17) is 23.7 Å². The third-order valence-corrected chi connectivity index (χ3v) is 9.27. The number of piperidine rings is 1. The standard InChI is InChI=1S/C37H44N2O8/c1-25(45-26(2)41)35(42)38-22-27-8-14-31(15-9-27)36-46-32(23-39-18-16-37(17-19-39)43-20-21-44-37)33(29-6-4-3-5-7-29)34(47-36)30-12-10-28(24-40)11-13-30/h3-15,25,32-34,36,40H,16-24H2,1-2H3,(H,38,42)/t25-,32+,33+,34-,36?/m0/s1. The van der Waals surface area contributed by atoms with Crippen LogP contribution in [0.5, 0.6) is 0 Å². The van der Waals surface area contributed by atoms with E-state index < -0.39 is 24.2 Å². The fourth-order valence-electron chi connectivity index (χ4n) is 6.71. The van der Waals surface area contributed by atoms with Gasteiger partial charge in [0.25, 0.3) is 5.91 Å². The molecule has 3 fully saturated rings. The molecule has 3 aromatic rings. The average molecular weight is 645 g/mol. The van der Waals surface area contributed by atoms with E-state index in [9.17, 15) is 14.7 Å². The van der Waals surface area contributed by atoms with Gasteiger partial charge >= 0.3 is 5.97 Å². The van der Waals surface area contributed by atoms with Crippen LogP contribution in [0.3, 0.4) is 0 Å². The van der Waals surface area contributed by atoms with E-state index in [2.05, 4.69) is 22.3 Å².